The number of anilines is 2. The topological polar surface area (TPSA) is 94.2 Å². The van der Waals surface area contributed by atoms with E-state index in [1.165, 1.54) is 13.1 Å². The Bertz CT molecular complexity index is 810. The van der Waals surface area contributed by atoms with Gasteiger partial charge in [0.2, 0.25) is 5.95 Å². The van der Waals surface area contributed by atoms with Gasteiger partial charge in [-0.15, -0.1) is 0 Å². The molecule has 7 heteroatoms. The zero-order valence-electron chi connectivity index (χ0n) is 12.3. The van der Waals surface area contributed by atoms with E-state index in [-0.39, 0.29) is 11.8 Å². The molecule has 0 spiro atoms. The third kappa shape index (κ3) is 2.23. The van der Waals surface area contributed by atoms with Crippen LogP contribution in [-0.2, 0) is 0 Å². The van der Waals surface area contributed by atoms with Crippen LogP contribution in [0.1, 0.15) is 12.8 Å². The molecule has 1 aliphatic heterocycles. The SMILES string of the molecule is CN.Nc1nc(N2CCCC2)c2oc3cccc(F)c3c2n1. The first-order valence-corrected chi connectivity index (χ1v) is 7.21. The number of halogens is 1. The molecule has 6 nitrogen and oxygen atoms in total. The van der Waals surface area contributed by atoms with Gasteiger partial charge in [0, 0.05) is 13.1 Å². The van der Waals surface area contributed by atoms with Gasteiger partial charge in [-0.2, -0.15) is 4.98 Å². The Morgan fingerprint density at radius 2 is 1.91 bits per heavy atom. The Morgan fingerprint density at radius 3 is 2.64 bits per heavy atom. The van der Waals surface area contributed by atoms with Crippen molar-refractivity contribution in [3.8, 4) is 0 Å². The molecule has 1 aromatic carbocycles. The molecule has 3 heterocycles. The highest BCUT2D eigenvalue weighted by atomic mass is 19.1. The number of hydrogen-bond donors (Lipinski definition) is 2. The van der Waals surface area contributed by atoms with Crippen molar-refractivity contribution in [2.75, 3.05) is 30.8 Å². The highest BCUT2D eigenvalue weighted by molar-refractivity contribution is 6.06. The fraction of sp³-hybridized carbons (Fsp3) is 0.333. The summed E-state index contributed by atoms with van der Waals surface area (Å²) in [5.41, 5.74) is 11.7. The maximum absolute atomic E-state index is 14.0. The van der Waals surface area contributed by atoms with Crippen LogP contribution in [0.5, 0.6) is 0 Å². The smallest absolute Gasteiger partial charge is 0.222 e. The fourth-order valence-electron chi connectivity index (χ4n) is 2.79. The summed E-state index contributed by atoms with van der Waals surface area (Å²) in [6.45, 7) is 1.82. The van der Waals surface area contributed by atoms with E-state index < -0.39 is 0 Å². The lowest BCUT2D eigenvalue weighted by Gasteiger charge is -2.16. The molecular weight excluding hydrogens is 285 g/mol. The lowest BCUT2D eigenvalue weighted by Crippen LogP contribution is -2.19. The van der Waals surface area contributed by atoms with Crippen LogP contribution in [-0.4, -0.2) is 30.1 Å². The summed E-state index contributed by atoms with van der Waals surface area (Å²) in [6.07, 6.45) is 2.22. The van der Waals surface area contributed by atoms with Gasteiger partial charge in [-0.05, 0) is 32.0 Å². The Balaban J connectivity index is 0.000000693. The lowest BCUT2D eigenvalue weighted by atomic mass is 10.2. The molecule has 1 fully saturated rings. The molecule has 0 saturated carbocycles. The summed E-state index contributed by atoms with van der Waals surface area (Å²) in [7, 11) is 1.50. The van der Waals surface area contributed by atoms with E-state index >= 15 is 0 Å². The van der Waals surface area contributed by atoms with Gasteiger partial charge in [0.1, 0.15) is 16.9 Å². The van der Waals surface area contributed by atoms with Crippen molar-refractivity contribution >= 4 is 33.8 Å². The molecule has 2 aromatic heterocycles. The Labute approximate surface area is 126 Å². The van der Waals surface area contributed by atoms with Crippen LogP contribution in [0.3, 0.4) is 0 Å². The van der Waals surface area contributed by atoms with Crippen LogP contribution in [0.15, 0.2) is 22.6 Å². The first-order valence-electron chi connectivity index (χ1n) is 7.21. The Kier molecular flexibility index (Phi) is 3.81. The number of nitrogens with two attached hydrogens (primary N) is 2. The average molecular weight is 303 g/mol. The monoisotopic (exact) mass is 303 g/mol. The molecule has 1 aliphatic rings. The molecule has 0 radical (unpaired) electrons. The summed E-state index contributed by atoms with van der Waals surface area (Å²) >= 11 is 0. The number of nitrogens with zero attached hydrogens (tertiary/aromatic N) is 3. The van der Waals surface area contributed by atoms with E-state index in [9.17, 15) is 4.39 Å². The molecule has 3 aromatic rings. The molecule has 4 N–H and O–H groups in total. The van der Waals surface area contributed by atoms with Gasteiger partial charge in [0.15, 0.2) is 11.4 Å². The van der Waals surface area contributed by atoms with Crippen molar-refractivity contribution in [1.82, 2.24) is 9.97 Å². The van der Waals surface area contributed by atoms with Gasteiger partial charge in [0.05, 0.1) is 5.39 Å². The number of nitrogen functional groups attached to an aromatic ring is 1. The quantitative estimate of drug-likeness (QED) is 0.716. The van der Waals surface area contributed by atoms with Gasteiger partial charge >= 0.3 is 0 Å². The minimum absolute atomic E-state index is 0.144. The van der Waals surface area contributed by atoms with E-state index in [4.69, 9.17) is 10.2 Å². The standard InChI is InChI=1S/C14H13FN4O.CH5N/c15-8-4-3-5-9-10(8)11-12(20-9)13(18-14(16)17-11)19-6-1-2-7-19;1-2/h3-5H,1-2,6-7H2,(H2,16,17,18);2H2,1H3. The zero-order chi connectivity index (χ0) is 15.7. The Hall–Kier alpha value is -2.41. The maximum Gasteiger partial charge on any atom is 0.222 e. The van der Waals surface area contributed by atoms with Crippen LogP contribution in [0.2, 0.25) is 0 Å². The van der Waals surface area contributed by atoms with E-state index in [1.54, 1.807) is 12.1 Å². The first-order chi connectivity index (χ1) is 10.7. The summed E-state index contributed by atoms with van der Waals surface area (Å²) in [5.74, 6) is 0.456. The molecule has 0 unspecified atom stereocenters. The van der Waals surface area contributed by atoms with Gasteiger partial charge in [-0.3, -0.25) is 0 Å². The van der Waals surface area contributed by atoms with Crippen molar-refractivity contribution < 1.29 is 8.81 Å². The Morgan fingerprint density at radius 1 is 1.18 bits per heavy atom. The number of furan rings is 1. The van der Waals surface area contributed by atoms with Gasteiger partial charge < -0.3 is 20.8 Å². The van der Waals surface area contributed by atoms with Crippen LogP contribution in [0.4, 0.5) is 16.2 Å². The van der Waals surface area contributed by atoms with Gasteiger partial charge in [0.25, 0.3) is 0 Å². The maximum atomic E-state index is 14.0. The molecule has 0 amide bonds. The summed E-state index contributed by atoms with van der Waals surface area (Å²) in [6, 6.07) is 4.74. The number of aromatic nitrogens is 2. The number of benzene rings is 1. The molecule has 22 heavy (non-hydrogen) atoms. The third-order valence-corrected chi connectivity index (χ3v) is 3.69. The fourth-order valence-corrected chi connectivity index (χ4v) is 2.79. The first kappa shape index (κ1) is 14.5. The molecular formula is C15H18FN5O. The van der Waals surface area contributed by atoms with Crippen molar-refractivity contribution in [3.63, 3.8) is 0 Å². The van der Waals surface area contributed by atoms with Crippen LogP contribution >= 0.6 is 0 Å². The predicted octanol–water partition coefficient (Wildman–Crippen LogP) is 2.27. The molecule has 0 bridgehead atoms. The number of hydrogen-bond acceptors (Lipinski definition) is 6. The van der Waals surface area contributed by atoms with Crippen molar-refractivity contribution in [3.05, 3.63) is 24.0 Å². The average Bonchev–Trinajstić information content (AvgIpc) is 3.16. The second kappa shape index (κ2) is 5.76. The van der Waals surface area contributed by atoms with E-state index in [1.807, 2.05) is 0 Å². The molecule has 0 atom stereocenters. The lowest BCUT2D eigenvalue weighted by molar-refractivity contribution is 0.633. The summed E-state index contributed by atoms with van der Waals surface area (Å²) < 4.78 is 19.8. The highest BCUT2D eigenvalue weighted by Crippen LogP contribution is 2.35. The molecule has 1 saturated heterocycles. The normalized spacial score (nSPS) is 14.4. The van der Waals surface area contributed by atoms with Gasteiger partial charge in [-0.25, -0.2) is 9.37 Å². The van der Waals surface area contributed by atoms with Gasteiger partial charge in [-0.1, -0.05) is 6.07 Å². The third-order valence-electron chi connectivity index (χ3n) is 3.69. The van der Waals surface area contributed by atoms with Crippen LogP contribution in [0.25, 0.3) is 22.1 Å². The second-order valence-corrected chi connectivity index (χ2v) is 4.99. The van der Waals surface area contributed by atoms with Crippen LogP contribution in [0, 0.1) is 5.82 Å². The minimum Gasteiger partial charge on any atom is -0.450 e. The highest BCUT2D eigenvalue weighted by Gasteiger charge is 2.23. The molecule has 4 rings (SSSR count). The summed E-state index contributed by atoms with van der Waals surface area (Å²) in [5, 5.41) is 0.372. The minimum atomic E-state index is -0.355. The summed E-state index contributed by atoms with van der Waals surface area (Å²) in [4.78, 5) is 10.6. The van der Waals surface area contributed by atoms with Crippen molar-refractivity contribution in [1.29, 1.82) is 0 Å². The number of rotatable bonds is 1. The zero-order valence-corrected chi connectivity index (χ0v) is 12.3. The van der Waals surface area contributed by atoms with Crippen molar-refractivity contribution in [2.45, 2.75) is 12.8 Å². The van der Waals surface area contributed by atoms with Crippen LogP contribution < -0.4 is 16.4 Å². The predicted molar refractivity (Wildman–Crippen MR) is 85.2 cm³/mol. The van der Waals surface area contributed by atoms with E-state index in [0.29, 0.717) is 27.9 Å². The van der Waals surface area contributed by atoms with E-state index in [2.05, 4.69) is 20.6 Å². The van der Waals surface area contributed by atoms with E-state index in [0.717, 1.165) is 25.9 Å². The molecule has 116 valence electrons. The largest absolute Gasteiger partial charge is 0.450 e. The van der Waals surface area contributed by atoms with Crippen molar-refractivity contribution in [2.24, 2.45) is 5.73 Å². The molecule has 0 aliphatic carbocycles. The number of fused-ring (bicyclic) bond motifs is 3. The second-order valence-electron chi connectivity index (χ2n) is 4.99.